The summed E-state index contributed by atoms with van der Waals surface area (Å²) < 4.78 is 0.560. The third-order valence-electron chi connectivity index (χ3n) is 5.22. The SMILES string of the molecule is C=CCN1C(=O)/C(=C/c2cc3c(cc2Cl)N(C)C(C)(C)CC3C)SC1=S. The van der Waals surface area contributed by atoms with Gasteiger partial charge in [-0.2, -0.15) is 0 Å². The van der Waals surface area contributed by atoms with Gasteiger partial charge in [0.2, 0.25) is 0 Å². The molecule has 3 rings (SSSR count). The van der Waals surface area contributed by atoms with Gasteiger partial charge in [0.1, 0.15) is 4.32 Å². The third kappa shape index (κ3) is 3.32. The summed E-state index contributed by atoms with van der Waals surface area (Å²) in [7, 11) is 2.11. The second kappa shape index (κ2) is 7.02. The fraction of sp³-hybridized carbons (Fsp3) is 0.400. The van der Waals surface area contributed by atoms with E-state index in [0.29, 0.717) is 26.7 Å². The van der Waals surface area contributed by atoms with E-state index in [1.54, 1.807) is 11.0 Å². The Kier molecular flexibility index (Phi) is 5.26. The first-order valence-electron chi connectivity index (χ1n) is 8.59. The Morgan fingerprint density at radius 3 is 2.81 bits per heavy atom. The molecule has 2 heterocycles. The van der Waals surface area contributed by atoms with Crippen LogP contribution in [0, 0.1) is 0 Å². The minimum absolute atomic E-state index is 0.0833. The van der Waals surface area contributed by atoms with Crippen molar-refractivity contribution in [3.05, 3.63) is 45.8 Å². The summed E-state index contributed by atoms with van der Waals surface area (Å²) in [5.74, 6) is 0.343. The van der Waals surface area contributed by atoms with Crippen LogP contribution in [0.2, 0.25) is 5.02 Å². The molecule has 2 aliphatic heterocycles. The molecular formula is C20H23ClN2OS2. The zero-order valence-corrected chi connectivity index (χ0v) is 17.9. The number of hydrogen-bond acceptors (Lipinski definition) is 4. The number of carbonyl (C=O) groups excluding carboxylic acids is 1. The van der Waals surface area contributed by atoms with Gasteiger partial charge in [-0.25, -0.2) is 0 Å². The highest BCUT2D eigenvalue weighted by Crippen LogP contribution is 2.45. The Bertz CT molecular complexity index is 831. The second-order valence-corrected chi connectivity index (χ2v) is 9.57. The Labute approximate surface area is 170 Å². The Morgan fingerprint density at radius 2 is 2.15 bits per heavy atom. The topological polar surface area (TPSA) is 23.6 Å². The lowest BCUT2D eigenvalue weighted by Gasteiger charge is -2.45. The number of thioether (sulfide) groups is 1. The molecule has 1 saturated heterocycles. The molecule has 1 aromatic carbocycles. The smallest absolute Gasteiger partial charge is 0.266 e. The molecule has 0 aromatic heterocycles. The summed E-state index contributed by atoms with van der Waals surface area (Å²) in [5.41, 5.74) is 3.38. The van der Waals surface area contributed by atoms with Crippen molar-refractivity contribution in [2.45, 2.75) is 38.6 Å². The zero-order valence-electron chi connectivity index (χ0n) is 15.5. The number of nitrogens with zero attached hydrogens (tertiary/aromatic N) is 2. The van der Waals surface area contributed by atoms with Crippen LogP contribution in [-0.2, 0) is 4.79 Å². The molecular weight excluding hydrogens is 384 g/mol. The van der Waals surface area contributed by atoms with Crippen LogP contribution in [0.25, 0.3) is 6.08 Å². The Morgan fingerprint density at radius 1 is 1.46 bits per heavy atom. The van der Waals surface area contributed by atoms with Crippen LogP contribution < -0.4 is 4.90 Å². The van der Waals surface area contributed by atoms with E-state index in [4.69, 9.17) is 23.8 Å². The highest BCUT2D eigenvalue weighted by molar-refractivity contribution is 8.26. The first-order chi connectivity index (χ1) is 12.2. The van der Waals surface area contributed by atoms with Crippen LogP contribution in [0.3, 0.4) is 0 Å². The molecule has 3 nitrogen and oxygen atoms in total. The maximum Gasteiger partial charge on any atom is 0.266 e. The standard InChI is InChI=1S/C20H23ClN2OS2/c1-6-7-23-18(24)17(26-19(23)25)9-13-8-14-12(2)11-20(3,4)22(5)16(14)10-15(13)21/h6,8-10,12H,1,7,11H2,2-5H3/b17-9-. The van der Waals surface area contributed by atoms with Crippen molar-refractivity contribution in [2.24, 2.45) is 0 Å². The van der Waals surface area contributed by atoms with E-state index in [1.165, 1.54) is 17.3 Å². The van der Waals surface area contributed by atoms with Gasteiger partial charge in [-0.1, -0.05) is 48.6 Å². The summed E-state index contributed by atoms with van der Waals surface area (Å²) in [5, 5.41) is 0.648. The lowest BCUT2D eigenvalue weighted by Crippen LogP contribution is -2.45. The predicted octanol–water partition coefficient (Wildman–Crippen LogP) is 5.45. The van der Waals surface area contributed by atoms with E-state index in [-0.39, 0.29) is 11.4 Å². The van der Waals surface area contributed by atoms with Crippen molar-refractivity contribution in [2.75, 3.05) is 18.5 Å². The average Bonchev–Trinajstić information content (AvgIpc) is 2.82. The molecule has 1 amide bonds. The summed E-state index contributed by atoms with van der Waals surface area (Å²) in [4.78, 5) is 17.0. The normalized spacial score (nSPS) is 23.6. The van der Waals surface area contributed by atoms with E-state index in [1.807, 2.05) is 12.1 Å². The van der Waals surface area contributed by atoms with Crippen LogP contribution in [-0.4, -0.2) is 34.3 Å². The number of benzene rings is 1. The van der Waals surface area contributed by atoms with Crippen molar-refractivity contribution >= 4 is 57.6 Å². The number of amides is 1. The fourth-order valence-corrected chi connectivity index (χ4v) is 5.12. The first kappa shape index (κ1) is 19.5. The van der Waals surface area contributed by atoms with E-state index < -0.39 is 0 Å². The average molecular weight is 407 g/mol. The molecule has 0 spiro atoms. The molecule has 0 saturated carbocycles. The molecule has 1 aromatic rings. The number of fused-ring (bicyclic) bond motifs is 1. The van der Waals surface area contributed by atoms with Crippen LogP contribution in [0.5, 0.6) is 0 Å². The predicted molar refractivity (Wildman–Crippen MR) is 117 cm³/mol. The minimum Gasteiger partial charge on any atom is -0.369 e. The van der Waals surface area contributed by atoms with Gasteiger partial charge in [-0.3, -0.25) is 9.69 Å². The molecule has 0 bridgehead atoms. The lowest BCUT2D eigenvalue weighted by atomic mass is 9.80. The van der Waals surface area contributed by atoms with Gasteiger partial charge in [-0.05, 0) is 55.5 Å². The summed E-state index contributed by atoms with van der Waals surface area (Å²) in [6.45, 7) is 10.9. The number of rotatable bonds is 3. The molecule has 1 fully saturated rings. The minimum atomic E-state index is -0.0833. The Balaban J connectivity index is 2.01. The van der Waals surface area contributed by atoms with Crippen molar-refractivity contribution in [3.63, 3.8) is 0 Å². The number of hydrogen-bond donors (Lipinski definition) is 0. The van der Waals surface area contributed by atoms with Gasteiger partial charge in [0, 0.05) is 29.8 Å². The molecule has 1 unspecified atom stereocenters. The molecule has 0 N–H and O–H groups in total. The third-order valence-corrected chi connectivity index (χ3v) is 6.93. The monoisotopic (exact) mass is 406 g/mol. The van der Waals surface area contributed by atoms with Crippen LogP contribution >= 0.6 is 35.6 Å². The fourth-order valence-electron chi connectivity index (χ4n) is 3.64. The number of thiocarbonyl (C=S) groups is 1. The highest BCUT2D eigenvalue weighted by Gasteiger charge is 2.35. The molecule has 6 heteroatoms. The van der Waals surface area contributed by atoms with Gasteiger partial charge >= 0.3 is 0 Å². The summed E-state index contributed by atoms with van der Waals surface area (Å²) in [6, 6.07) is 4.14. The molecule has 26 heavy (non-hydrogen) atoms. The van der Waals surface area contributed by atoms with E-state index in [0.717, 1.165) is 17.7 Å². The van der Waals surface area contributed by atoms with Crippen molar-refractivity contribution < 1.29 is 4.79 Å². The van der Waals surface area contributed by atoms with Crippen molar-refractivity contribution in [1.29, 1.82) is 0 Å². The zero-order chi connectivity index (χ0) is 19.2. The lowest BCUT2D eigenvalue weighted by molar-refractivity contribution is -0.121. The van der Waals surface area contributed by atoms with E-state index in [2.05, 4.69) is 45.4 Å². The maximum atomic E-state index is 12.6. The van der Waals surface area contributed by atoms with Gasteiger partial charge in [0.15, 0.2) is 0 Å². The van der Waals surface area contributed by atoms with Gasteiger partial charge in [0.05, 0.1) is 4.91 Å². The summed E-state index contributed by atoms with van der Waals surface area (Å²) in [6.07, 6.45) is 4.61. The Hall–Kier alpha value is -1.30. The van der Waals surface area contributed by atoms with Gasteiger partial charge < -0.3 is 4.90 Å². The van der Waals surface area contributed by atoms with E-state index >= 15 is 0 Å². The van der Waals surface area contributed by atoms with Crippen LogP contribution in [0.4, 0.5) is 5.69 Å². The number of anilines is 1. The van der Waals surface area contributed by atoms with E-state index in [9.17, 15) is 4.79 Å². The number of carbonyl (C=O) groups is 1. The summed E-state index contributed by atoms with van der Waals surface area (Å²) >= 11 is 13.2. The molecule has 2 aliphatic rings. The first-order valence-corrected chi connectivity index (χ1v) is 10.2. The highest BCUT2D eigenvalue weighted by atomic mass is 35.5. The van der Waals surface area contributed by atoms with Gasteiger partial charge in [0.25, 0.3) is 5.91 Å². The van der Waals surface area contributed by atoms with Crippen molar-refractivity contribution in [3.8, 4) is 0 Å². The molecule has 0 aliphatic carbocycles. The van der Waals surface area contributed by atoms with Crippen molar-refractivity contribution in [1.82, 2.24) is 4.90 Å². The quantitative estimate of drug-likeness (QED) is 0.378. The molecule has 138 valence electrons. The van der Waals surface area contributed by atoms with Crippen LogP contribution in [0.15, 0.2) is 29.7 Å². The maximum absolute atomic E-state index is 12.6. The molecule has 0 radical (unpaired) electrons. The molecule has 1 atom stereocenters. The largest absolute Gasteiger partial charge is 0.369 e. The van der Waals surface area contributed by atoms with Gasteiger partial charge in [-0.15, -0.1) is 6.58 Å². The second-order valence-electron chi connectivity index (χ2n) is 7.49. The number of halogens is 1. The van der Waals surface area contributed by atoms with Crippen LogP contribution in [0.1, 0.15) is 44.2 Å².